The van der Waals surface area contributed by atoms with Gasteiger partial charge in [0.1, 0.15) is 0 Å². The summed E-state index contributed by atoms with van der Waals surface area (Å²) in [5.41, 5.74) is 15.4. The van der Waals surface area contributed by atoms with Crippen molar-refractivity contribution in [3.8, 4) is 0 Å². The van der Waals surface area contributed by atoms with Crippen LogP contribution in [0.15, 0.2) is 130 Å². The second-order valence-electron chi connectivity index (χ2n) is 12.4. The van der Waals surface area contributed by atoms with Crippen LogP contribution in [0.5, 0.6) is 0 Å². The molecule has 0 saturated carbocycles. The Morgan fingerprint density at radius 3 is 1.14 bits per heavy atom. The summed E-state index contributed by atoms with van der Waals surface area (Å²) in [5.74, 6) is 0. The molecule has 0 heterocycles. The van der Waals surface area contributed by atoms with Gasteiger partial charge in [0.2, 0.25) is 0 Å². The molecule has 0 nitrogen and oxygen atoms in total. The van der Waals surface area contributed by atoms with Crippen LogP contribution < -0.4 is 0 Å². The zero-order valence-electron chi connectivity index (χ0n) is 24.3. The fourth-order valence-corrected chi connectivity index (χ4v) is 8.28. The first-order valence-electron chi connectivity index (χ1n) is 14.5. The van der Waals surface area contributed by atoms with Gasteiger partial charge in [-0.2, -0.15) is 0 Å². The second kappa shape index (κ2) is 10.1. The van der Waals surface area contributed by atoms with Crippen molar-refractivity contribution in [1.82, 2.24) is 0 Å². The highest BCUT2D eigenvalue weighted by molar-refractivity contribution is 9.10. The SMILES string of the molecule is CC1(C)C(c2ccccc2)=C(c2ccccc2Br)c2cc3c(cc21)C(C)(C)C(c1ccccc1)=C3c1ccccc1Br. The third kappa shape index (κ3) is 4.07. The van der Waals surface area contributed by atoms with Gasteiger partial charge in [0, 0.05) is 19.8 Å². The molecular formula is C40H32Br2. The van der Waals surface area contributed by atoms with Crippen molar-refractivity contribution in [3.63, 3.8) is 0 Å². The molecule has 206 valence electrons. The van der Waals surface area contributed by atoms with Gasteiger partial charge in [-0.05, 0) is 85.0 Å². The minimum atomic E-state index is -0.185. The monoisotopic (exact) mass is 670 g/mol. The lowest BCUT2D eigenvalue weighted by Crippen LogP contribution is -2.20. The van der Waals surface area contributed by atoms with E-state index in [0.717, 1.165) is 8.95 Å². The summed E-state index contributed by atoms with van der Waals surface area (Å²) in [6.07, 6.45) is 0. The van der Waals surface area contributed by atoms with E-state index in [0.29, 0.717) is 0 Å². The van der Waals surface area contributed by atoms with E-state index < -0.39 is 0 Å². The van der Waals surface area contributed by atoms with Crippen molar-refractivity contribution in [2.45, 2.75) is 38.5 Å². The van der Waals surface area contributed by atoms with Crippen LogP contribution in [0.2, 0.25) is 0 Å². The van der Waals surface area contributed by atoms with Crippen LogP contribution in [0.3, 0.4) is 0 Å². The van der Waals surface area contributed by atoms with Gasteiger partial charge >= 0.3 is 0 Å². The van der Waals surface area contributed by atoms with Gasteiger partial charge in [-0.1, -0.05) is 163 Å². The molecule has 2 aliphatic rings. The van der Waals surface area contributed by atoms with Crippen molar-refractivity contribution in [3.05, 3.63) is 175 Å². The third-order valence-corrected chi connectivity index (χ3v) is 10.6. The Labute approximate surface area is 266 Å². The molecule has 0 saturated heterocycles. The number of allylic oxidation sites excluding steroid dienone is 2. The average molecular weight is 673 g/mol. The topological polar surface area (TPSA) is 0 Å². The number of hydrogen-bond acceptors (Lipinski definition) is 0. The van der Waals surface area contributed by atoms with Crippen LogP contribution in [0.25, 0.3) is 22.3 Å². The molecule has 2 heteroatoms. The first-order chi connectivity index (χ1) is 20.2. The van der Waals surface area contributed by atoms with Gasteiger partial charge in [-0.15, -0.1) is 0 Å². The summed E-state index contributed by atoms with van der Waals surface area (Å²) in [6.45, 7) is 9.58. The molecule has 0 spiro atoms. The van der Waals surface area contributed by atoms with Crippen LogP contribution in [0.4, 0.5) is 0 Å². The van der Waals surface area contributed by atoms with Gasteiger partial charge in [0.25, 0.3) is 0 Å². The molecule has 0 atom stereocenters. The van der Waals surface area contributed by atoms with Crippen molar-refractivity contribution >= 4 is 54.2 Å². The van der Waals surface area contributed by atoms with Crippen LogP contribution in [0, 0.1) is 0 Å². The maximum Gasteiger partial charge on any atom is 0.0254 e. The van der Waals surface area contributed by atoms with E-state index in [1.165, 1.54) is 66.8 Å². The highest BCUT2D eigenvalue weighted by atomic mass is 79.9. The maximum absolute atomic E-state index is 3.92. The number of hydrogen-bond donors (Lipinski definition) is 0. The Morgan fingerprint density at radius 1 is 0.405 bits per heavy atom. The Bertz CT molecular complexity index is 1780. The molecule has 0 radical (unpaired) electrons. The van der Waals surface area contributed by atoms with Crippen molar-refractivity contribution in [1.29, 1.82) is 0 Å². The van der Waals surface area contributed by atoms with E-state index in [9.17, 15) is 0 Å². The smallest absolute Gasteiger partial charge is 0.0254 e. The highest BCUT2D eigenvalue weighted by Gasteiger charge is 2.45. The summed E-state index contributed by atoms with van der Waals surface area (Å²) in [5, 5.41) is 0. The zero-order valence-corrected chi connectivity index (χ0v) is 27.5. The first-order valence-corrected chi connectivity index (χ1v) is 16.1. The van der Waals surface area contributed by atoms with Gasteiger partial charge in [0.05, 0.1) is 0 Å². The molecule has 7 rings (SSSR count). The molecule has 0 unspecified atom stereocenters. The van der Waals surface area contributed by atoms with Gasteiger partial charge < -0.3 is 0 Å². The molecule has 0 aromatic heterocycles. The van der Waals surface area contributed by atoms with Gasteiger partial charge in [-0.25, -0.2) is 0 Å². The Morgan fingerprint density at radius 2 is 0.762 bits per heavy atom. The summed E-state index contributed by atoms with van der Waals surface area (Å²) in [4.78, 5) is 0. The van der Waals surface area contributed by atoms with Crippen LogP contribution in [-0.2, 0) is 10.8 Å². The molecule has 0 amide bonds. The highest BCUT2D eigenvalue weighted by Crippen LogP contribution is 2.60. The van der Waals surface area contributed by atoms with Crippen molar-refractivity contribution in [2.75, 3.05) is 0 Å². The normalized spacial score (nSPS) is 16.5. The molecule has 2 aliphatic carbocycles. The van der Waals surface area contributed by atoms with Crippen molar-refractivity contribution < 1.29 is 0 Å². The predicted molar refractivity (Wildman–Crippen MR) is 185 cm³/mol. The van der Waals surface area contributed by atoms with Crippen LogP contribution in [0.1, 0.15) is 72.2 Å². The average Bonchev–Trinajstić information content (AvgIpc) is 3.36. The molecule has 0 bridgehead atoms. The minimum absolute atomic E-state index is 0.185. The predicted octanol–water partition coefficient (Wildman–Crippen LogP) is 11.7. The van der Waals surface area contributed by atoms with E-state index in [4.69, 9.17) is 0 Å². The fraction of sp³-hybridized carbons (Fsp3) is 0.150. The fourth-order valence-electron chi connectivity index (χ4n) is 7.32. The lowest BCUT2D eigenvalue weighted by atomic mass is 9.74. The van der Waals surface area contributed by atoms with E-state index in [1.54, 1.807) is 0 Å². The molecule has 0 N–H and O–H groups in total. The molecule has 42 heavy (non-hydrogen) atoms. The zero-order chi connectivity index (χ0) is 29.2. The molecule has 5 aromatic rings. The van der Waals surface area contributed by atoms with Gasteiger partial charge in [-0.3, -0.25) is 0 Å². The van der Waals surface area contributed by atoms with E-state index in [-0.39, 0.29) is 10.8 Å². The number of benzene rings is 5. The van der Waals surface area contributed by atoms with Crippen LogP contribution >= 0.6 is 31.9 Å². The van der Waals surface area contributed by atoms with Gasteiger partial charge in [0.15, 0.2) is 0 Å². The van der Waals surface area contributed by atoms with E-state index in [1.807, 2.05) is 0 Å². The Kier molecular flexibility index (Phi) is 6.57. The Hall–Kier alpha value is -3.46. The summed E-state index contributed by atoms with van der Waals surface area (Å²) in [7, 11) is 0. The summed E-state index contributed by atoms with van der Waals surface area (Å²) >= 11 is 7.85. The van der Waals surface area contributed by atoms with Crippen molar-refractivity contribution in [2.24, 2.45) is 0 Å². The number of rotatable bonds is 4. The first kappa shape index (κ1) is 27.4. The standard InChI is InChI=1S/C40H32Br2/c1-39(2)31-24-32-30(23-29(31)35(27-19-11-13-21-33(27)41)37(39)25-15-7-5-8-16-25)36(28-20-12-14-22-34(28)42)38(40(32,3)4)26-17-9-6-10-18-26/h5-24H,1-4H3. The third-order valence-electron chi connectivity index (χ3n) is 9.20. The quantitative estimate of drug-likeness (QED) is 0.178. The number of fused-ring (bicyclic) bond motifs is 2. The second-order valence-corrected chi connectivity index (χ2v) is 14.1. The van der Waals surface area contributed by atoms with E-state index in [2.05, 4.69) is 181 Å². The number of halogens is 2. The molecule has 5 aromatic carbocycles. The minimum Gasteiger partial charge on any atom is -0.0622 e. The summed E-state index contributed by atoms with van der Waals surface area (Å²) < 4.78 is 2.23. The molecule has 0 aliphatic heterocycles. The molecule has 0 fully saturated rings. The van der Waals surface area contributed by atoms with E-state index >= 15 is 0 Å². The largest absolute Gasteiger partial charge is 0.0622 e. The lowest BCUT2D eigenvalue weighted by Gasteiger charge is -2.29. The Balaban J connectivity index is 1.60. The lowest BCUT2D eigenvalue weighted by molar-refractivity contribution is 0.679. The maximum atomic E-state index is 3.92. The van der Waals surface area contributed by atoms with Crippen LogP contribution in [-0.4, -0.2) is 0 Å². The molecular weight excluding hydrogens is 640 g/mol. The summed E-state index contributed by atoms with van der Waals surface area (Å²) in [6, 6.07) is 44.2.